The highest BCUT2D eigenvalue weighted by Gasteiger charge is 2.40. The van der Waals surface area contributed by atoms with Crippen LogP contribution in [0, 0.1) is 0 Å². The molecule has 1 aliphatic rings. The van der Waals surface area contributed by atoms with Crippen molar-refractivity contribution in [2.45, 2.75) is 25.3 Å². The number of amides is 1. The largest absolute Gasteiger partial charge is 0.356 e. The molecule has 2 atom stereocenters. The van der Waals surface area contributed by atoms with Crippen LogP contribution >= 0.6 is 15.9 Å². The van der Waals surface area contributed by atoms with Crippen LogP contribution in [0.5, 0.6) is 0 Å². The Labute approximate surface area is 131 Å². The zero-order chi connectivity index (χ0) is 15.0. The summed E-state index contributed by atoms with van der Waals surface area (Å²) in [5, 5.41) is 3.00. The smallest absolute Gasteiger partial charge is 0.267 e. The van der Waals surface area contributed by atoms with Crippen LogP contribution in [0.2, 0.25) is 0 Å². The molecule has 1 heterocycles. The molecule has 2 N–H and O–H groups in total. The molecule has 1 saturated carbocycles. The van der Waals surface area contributed by atoms with Gasteiger partial charge < -0.3 is 10.3 Å². The van der Waals surface area contributed by atoms with E-state index in [1.807, 2.05) is 18.2 Å². The first-order valence-electron chi connectivity index (χ1n) is 6.81. The second-order valence-corrected chi connectivity index (χ2v) is 6.16. The maximum atomic E-state index is 12.1. The third-order valence-corrected chi connectivity index (χ3v) is 4.47. The van der Waals surface area contributed by atoms with Gasteiger partial charge in [0.25, 0.3) is 5.91 Å². The molecule has 4 nitrogen and oxygen atoms in total. The number of aromatic amines is 1. The highest BCUT2D eigenvalue weighted by atomic mass is 79.9. The van der Waals surface area contributed by atoms with Gasteiger partial charge in [-0.3, -0.25) is 9.59 Å². The van der Waals surface area contributed by atoms with Crippen LogP contribution < -0.4 is 5.32 Å². The van der Waals surface area contributed by atoms with Crippen LogP contribution in [0.15, 0.2) is 41.0 Å². The predicted octanol–water partition coefficient (Wildman–Crippen LogP) is 3.27. The Kier molecular flexibility index (Phi) is 3.68. The Balaban J connectivity index is 1.64. The molecule has 5 heteroatoms. The minimum atomic E-state index is -0.165. The third-order valence-electron chi connectivity index (χ3n) is 3.75. The van der Waals surface area contributed by atoms with Crippen molar-refractivity contribution in [1.82, 2.24) is 10.3 Å². The molecule has 2 aromatic rings. The fourth-order valence-electron chi connectivity index (χ4n) is 2.45. The van der Waals surface area contributed by atoms with Gasteiger partial charge in [0.1, 0.15) is 5.69 Å². The van der Waals surface area contributed by atoms with E-state index in [4.69, 9.17) is 0 Å². The SMILES string of the molecule is CC(=O)c1c[nH]c(C(=O)N[C@H]2C[C@@H]2c2ccccc2Br)c1. The highest BCUT2D eigenvalue weighted by molar-refractivity contribution is 9.10. The molecule has 108 valence electrons. The number of Topliss-reactive ketones (excluding diaryl/α,β-unsaturated/α-hetero) is 1. The lowest BCUT2D eigenvalue weighted by Crippen LogP contribution is -2.26. The molecule has 0 unspecified atom stereocenters. The first-order chi connectivity index (χ1) is 10.1. The van der Waals surface area contributed by atoms with E-state index in [1.54, 1.807) is 12.3 Å². The number of hydrogen-bond donors (Lipinski definition) is 2. The molecule has 0 aliphatic heterocycles. The summed E-state index contributed by atoms with van der Waals surface area (Å²) in [7, 11) is 0. The summed E-state index contributed by atoms with van der Waals surface area (Å²) in [4.78, 5) is 26.2. The van der Waals surface area contributed by atoms with Gasteiger partial charge >= 0.3 is 0 Å². The molecule has 1 aromatic carbocycles. The van der Waals surface area contributed by atoms with Gasteiger partial charge in [0.15, 0.2) is 5.78 Å². The lowest BCUT2D eigenvalue weighted by atomic mass is 10.1. The van der Waals surface area contributed by atoms with Gasteiger partial charge in [0, 0.05) is 28.2 Å². The maximum absolute atomic E-state index is 12.1. The number of hydrogen-bond acceptors (Lipinski definition) is 2. The fraction of sp³-hybridized carbons (Fsp3) is 0.250. The summed E-state index contributed by atoms with van der Waals surface area (Å²) < 4.78 is 1.07. The van der Waals surface area contributed by atoms with E-state index >= 15 is 0 Å². The first kappa shape index (κ1) is 14.1. The molecule has 0 bridgehead atoms. The molecule has 0 saturated heterocycles. The minimum Gasteiger partial charge on any atom is -0.356 e. The quantitative estimate of drug-likeness (QED) is 0.834. The molecule has 1 aromatic heterocycles. The van der Waals surface area contributed by atoms with Crippen molar-refractivity contribution in [2.24, 2.45) is 0 Å². The van der Waals surface area contributed by atoms with Crippen molar-refractivity contribution in [3.63, 3.8) is 0 Å². The van der Waals surface area contributed by atoms with E-state index in [1.165, 1.54) is 12.5 Å². The van der Waals surface area contributed by atoms with Gasteiger partial charge in [-0.25, -0.2) is 0 Å². The molecule has 0 spiro atoms. The number of aromatic nitrogens is 1. The standard InChI is InChI=1S/C16H15BrN2O2/c1-9(20)10-6-15(18-8-10)16(21)19-14-7-12(14)11-4-2-3-5-13(11)17/h2-6,8,12,14,18H,7H2,1H3,(H,19,21)/t12-,14+/m1/s1. The topological polar surface area (TPSA) is 62.0 Å². The van der Waals surface area contributed by atoms with E-state index in [2.05, 4.69) is 32.3 Å². The van der Waals surface area contributed by atoms with Gasteiger partial charge in [0.2, 0.25) is 0 Å². The molecule has 3 rings (SSSR count). The average Bonchev–Trinajstić information content (AvgIpc) is 3.02. The molecular formula is C16H15BrN2O2. The highest BCUT2D eigenvalue weighted by Crippen LogP contribution is 2.43. The van der Waals surface area contributed by atoms with Gasteiger partial charge in [-0.2, -0.15) is 0 Å². The Hall–Kier alpha value is -1.88. The Bertz CT molecular complexity index is 708. The number of nitrogens with one attached hydrogen (secondary N) is 2. The molecule has 0 radical (unpaired) electrons. The third kappa shape index (κ3) is 2.93. The van der Waals surface area contributed by atoms with Crippen molar-refractivity contribution < 1.29 is 9.59 Å². The van der Waals surface area contributed by atoms with Crippen LogP contribution in [0.4, 0.5) is 0 Å². The van der Waals surface area contributed by atoms with Crippen molar-refractivity contribution >= 4 is 27.6 Å². The van der Waals surface area contributed by atoms with Gasteiger partial charge in [-0.05, 0) is 31.0 Å². The summed E-state index contributed by atoms with van der Waals surface area (Å²) in [6.45, 7) is 1.48. The van der Waals surface area contributed by atoms with Crippen LogP contribution in [-0.4, -0.2) is 22.7 Å². The number of ketones is 1. The molecule has 1 fully saturated rings. The van der Waals surface area contributed by atoms with Crippen molar-refractivity contribution in [1.29, 1.82) is 0 Å². The van der Waals surface area contributed by atoms with Crippen LogP contribution in [0.3, 0.4) is 0 Å². The molecule has 1 amide bonds. The zero-order valence-corrected chi connectivity index (χ0v) is 13.1. The summed E-state index contributed by atoms with van der Waals surface area (Å²) in [5.74, 6) is 0.136. The normalized spacial score (nSPS) is 20.1. The molecule has 1 aliphatic carbocycles. The number of carbonyl (C=O) groups excluding carboxylic acids is 2. The van der Waals surface area contributed by atoms with E-state index in [0.717, 1.165) is 10.9 Å². The van der Waals surface area contributed by atoms with E-state index < -0.39 is 0 Å². The van der Waals surface area contributed by atoms with Crippen molar-refractivity contribution in [2.75, 3.05) is 0 Å². The monoisotopic (exact) mass is 346 g/mol. The second kappa shape index (κ2) is 5.48. The second-order valence-electron chi connectivity index (χ2n) is 5.30. The summed E-state index contributed by atoms with van der Waals surface area (Å²) in [6, 6.07) is 9.81. The minimum absolute atomic E-state index is 0.0529. The molecular weight excluding hydrogens is 332 g/mol. The predicted molar refractivity (Wildman–Crippen MR) is 83.6 cm³/mol. The van der Waals surface area contributed by atoms with Crippen LogP contribution in [0.1, 0.15) is 45.7 Å². The number of H-pyrrole nitrogens is 1. The van der Waals surface area contributed by atoms with Gasteiger partial charge in [-0.1, -0.05) is 34.1 Å². The number of halogens is 1. The van der Waals surface area contributed by atoms with E-state index in [9.17, 15) is 9.59 Å². The van der Waals surface area contributed by atoms with Crippen LogP contribution in [0.25, 0.3) is 0 Å². The maximum Gasteiger partial charge on any atom is 0.267 e. The van der Waals surface area contributed by atoms with Gasteiger partial charge in [-0.15, -0.1) is 0 Å². The zero-order valence-electron chi connectivity index (χ0n) is 11.5. The van der Waals surface area contributed by atoms with Crippen LogP contribution in [-0.2, 0) is 0 Å². The number of benzene rings is 1. The number of carbonyl (C=O) groups is 2. The lowest BCUT2D eigenvalue weighted by molar-refractivity contribution is 0.0945. The van der Waals surface area contributed by atoms with Gasteiger partial charge in [0.05, 0.1) is 0 Å². The number of rotatable bonds is 4. The summed E-state index contributed by atoms with van der Waals surface area (Å²) in [5.41, 5.74) is 2.18. The Morgan fingerprint density at radius 2 is 2.10 bits per heavy atom. The van der Waals surface area contributed by atoms with Crippen molar-refractivity contribution in [3.05, 3.63) is 57.8 Å². The lowest BCUT2D eigenvalue weighted by Gasteiger charge is -2.05. The Morgan fingerprint density at radius 3 is 2.76 bits per heavy atom. The fourth-order valence-corrected chi connectivity index (χ4v) is 3.03. The summed E-state index contributed by atoms with van der Waals surface area (Å²) in [6.07, 6.45) is 2.50. The summed E-state index contributed by atoms with van der Waals surface area (Å²) >= 11 is 3.54. The van der Waals surface area contributed by atoms with E-state index in [-0.39, 0.29) is 17.7 Å². The van der Waals surface area contributed by atoms with Crippen molar-refractivity contribution in [3.8, 4) is 0 Å². The average molecular weight is 347 g/mol. The Morgan fingerprint density at radius 1 is 1.33 bits per heavy atom. The van der Waals surface area contributed by atoms with E-state index in [0.29, 0.717) is 17.2 Å². The first-order valence-corrected chi connectivity index (χ1v) is 7.60. The molecule has 21 heavy (non-hydrogen) atoms.